The maximum absolute atomic E-state index is 10.9. The molecule has 0 aromatic heterocycles. The molecule has 1 saturated heterocycles. The molecule has 0 aromatic rings. The topological polar surface area (TPSA) is 40.5 Å². The highest BCUT2D eigenvalue weighted by molar-refractivity contribution is 5.67. The number of carboxylic acid groups (broad SMARTS) is 1. The lowest BCUT2D eigenvalue weighted by molar-refractivity contribution is -0.138. The Hall–Kier alpha value is -0.570. The molecule has 18 heavy (non-hydrogen) atoms. The van der Waals surface area contributed by atoms with Crippen molar-refractivity contribution in [2.24, 2.45) is 11.8 Å². The summed E-state index contributed by atoms with van der Waals surface area (Å²) in [7, 11) is 0. The maximum Gasteiger partial charge on any atom is 0.303 e. The molecule has 0 amide bonds. The minimum Gasteiger partial charge on any atom is -0.481 e. The van der Waals surface area contributed by atoms with Gasteiger partial charge >= 0.3 is 5.97 Å². The van der Waals surface area contributed by atoms with Crippen molar-refractivity contribution in [1.82, 2.24) is 4.90 Å². The predicted molar refractivity (Wildman–Crippen MR) is 72.6 cm³/mol. The van der Waals surface area contributed by atoms with Crippen LogP contribution in [0, 0.1) is 11.8 Å². The minimum absolute atomic E-state index is 0.361. The molecule has 2 fully saturated rings. The van der Waals surface area contributed by atoms with Crippen LogP contribution in [0.15, 0.2) is 0 Å². The monoisotopic (exact) mass is 253 g/mol. The van der Waals surface area contributed by atoms with Crippen LogP contribution in [0.3, 0.4) is 0 Å². The van der Waals surface area contributed by atoms with E-state index in [4.69, 9.17) is 5.11 Å². The van der Waals surface area contributed by atoms with Crippen LogP contribution in [0.4, 0.5) is 0 Å². The summed E-state index contributed by atoms with van der Waals surface area (Å²) in [6.07, 6.45) is 9.39. The first-order valence-electron chi connectivity index (χ1n) is 7.66. The van der Waals surface area contributed by atoms with E-state index in [0.717, 1.165) is 24.9 Å². The molecule has 0 spiro atoms. The Labute approximate surface area is 111 Å². The summed E-state index contributed by atoms with van der Waals surface area (Å²) >= 11 is 0. The molecule has 2 aliphatic rings. The van der Waals surface area contributed by atoms with E-state index in [0.29, 0.717) is 12.3 Å². The Balaban J connectivity index is 1.92. The third kappa shape index (κ3) is 3.47. The van der Waals surface area contributed by atoms with Crippen molar-refractivity contribution in [2.45, 2.75) is 64.3 Å². The van der Waals surface area contributed by atoms with Gasteiger partial charge in [0, 0.05) is 19.0 Å². The van der Waals surface area contributed by atoms with Gasteiger partial charge in [-0.15, -0.1) is 0 Å². The molecule has 104 valence electrons. The predicted octanol–water partition coefficient (Wildman–Crippen LogP) is 3.14. The highest BCUT2D eigenvalue weighted by Gasteiger charge is 2.32. The van der Waals surface area contributed by atoms with Crippen molar-refractivity contribution in [1.29, 1.82) is 0 Å². The Bertz CT molecular complexity index is 280. The minimum atomic E-state index is -0.627. The number of carbonyl (C=O) groups is 1. The van der Waals surface area contributed by atoms with Gasteiger partial charge in [0.15, 0.2) is 0 Å². The number of rotatable bonds is 4. The van der Waals surface area contributed by atoms with Gasteiger partial charge in [-0.05, 0) is 44.1 Å². The number of aliphatic carboxylic acids is 1. The van der Waals surface area contributed by atoms with Crippen molar-refractivity contribution < 1.29 is 9.90 Å². The molecular formula is C15H27NO2. The van der Waals surface area contributed by atoms with Gasteiger partial charge < -0.3 is 5.11 Å². The molecule has 3 unspecified atom stereocenters. The van der Waals surface area contributed by atoms with Gasteiger partial charge in [-0.25, -0.2) is 0 Å². The van der Waals surface area contributed by atoms with Crippen molar-refractivity contribution in [3.63, 3.8) is 0 Å². The van der Waals surface area contributed by atoms with E-state index < -0.39 is 5.97 Å². The first kappa shape index (κ1) is 13.9. The van der Waals surface area contributed by atoms with Gasteiger partial charge in [-0.2, -0.15) is 0 Å². The van der Waals surface area contributed by atoms with Crippen molar-refractivity contribution in [2.75, 3.05) is 13.1 Å². The molecular weight excluding hydrogens is 226 g/mol. The maximum atomic E-state index is 10.9. The number of hydrogen-bond donors (Lipinski definition) is 1. The van der Waals surface area contributed by atoms with Crippen LogP contribution in [-0.4, -0.2) is 35.1 Å². The van der Waals surface area contributed by atoms with Crippen LogP contribution in [0.2, 0.25) is 0 Å². The summed E-state index contributed by atoms with van der Waals surface area (Å²) in [6, 6.07) is 0.736. The van der Waals surface area contributed by atoms with Crippen molar-refractivity contribution >= 4 is 5.97 Å². The molecule has 1 heterocycles. The Morgan fingerprint density at radius 3 is 2.72 bits per heavy atom. The second-order valence-corrected chi connectivity index (χ2v) is 6.12. The average Bonchev–Trinajstić information content (AvgIpc) is 2.38. The third-order valence-electron chi connectivity index (χ3n) is 4.88. The molecule has 1 saturated carbocycles. The molecule has 3 nitrogen and oxygen atoms in total. The Morgan fingerprint density at radius 2 is 2.00 bits per heavy atom. The molecule has 1 N–H and O–H groups in total. The normalized spacial score (nSPS) is 34.4. The second kappa shape index (κ2) is 6.55. The number of nitrogens with zero attached hydrogens (tertiary/aromatic N) is 1. The van der Waals surface area contributed by atoms with Crippen LogP contribution in [0.25, 0.3) is 0 Å². The first-order chi connectivity index (χ1) is 8.70. The number of likely N-dealkylation sites (tertiary alicyclic amines) is 1. The van der Waals surface area contributed by atoms with Crippen LogP contribution < -0.4 is 0 Å². The van der Waals surface area contributed by atoms with E-state index in [-0.39, 0.29) is 0 Å². The number of carboxylic acids is 1. The molecule has 2 rings (SSSR count). The van der Waals surface area contributed by atoms with Crippen LogP contribution in [0.5, 0.6) is 0 Å². The van der Waals surface area contributed by atoms with Gasteiger partial charge in [0.1, 0.15) is 0 Å². The smallest absolute Gasteiger partial charge is 0.303 e. The van der Waals surface area contributed by atoms with Gasteiger partial charge in [-0.3, -0.25) is 9.69 Å². The summed E-state index contributed by atoms with van der Waals surface area (Å²) in [5, 5.41) is 8.94. The highest BCUT2D eigenvalue weighted by Crippen LogP contribution is 2.33. The molecule has 1 aliphatic carbocycles. The van der Waals surface area contributed by atoms with E-state index in [1.165, 1.54) is 45.1 Å². The Kier molecular flexibility index (Phi) is 5.04. The molecule has 1 aliphatic heterocycles. The summed E-state index contributed by atoms with van der Waals surface area (Å²) in [6.45, 7) is 4.52. The average molecular weight is 253 g/mol. The van der Waals surface area contributed by atoms with E-state index in [1.54, 1.807) is 0 Å². The second-order valence-electron chi connectivity index (χ2n) is 6.12. The van der Waals surface area contributed by atoms with E-state index >= 15 is 0 Å². The molecule has 0 aromatic carbocycles. The van der Waals surface area contributed by atoms with Crippen LogP contribution in [0.1, 0.15) is 58.3 Å². The van der Waals surface area contributed by atoms with Crippen LogP contribution in [-0.2, 0) is 4.79 Å². The SMILES string of the molecule is CCC1CCCCC1N1CCCC(CC(=O)O)C1. The number of piperidine rings is 1. The molecule has 0 bridgehead atoms. The van der Waals surface area contributed by atoms with Crippen molar-refractivity contribution in [3.05, 3.63) is 0 Å². The van der Waals surface area contributed by atoms with E-state index in [9.17, 15) is 4.79 Å². The van der Waals surface area contributed by atoms with Gasteiger partial charge in [-0.1, -0.05) is 26.2 Å². The fourth-order valence-electron chi connectivity index (χ4n) is 3.96. The van der Waals surface area contributed by atoms with E-state index in [2.05, 4.69) is 11.8 Å². The van der Waals surface area contributed by atoms with Crippen molar-refractivity contribution in [3.8, 4) is 0 Å². The molecule has 3 heteroatoms. The summed E-state index contributed by atoms with van der Waals surface area (Å²) in [5.41, 5.74) is 0. The lowest BCUT2D eigenvalue weighted by Crippen LogP contribution is -2.47. The fourth-order valence-corrected chi connectivity index (χ4v) is 3.96. The van der Waals surface area contributed by atoms with Gasteiger partial charge in [0.05, 0.1) is 0 Å². The summed E-state index contributed by atoms with van der Waals surface area (Å²) < 4.78 is 0. The fraction of sp³-hybridized carbons (Fsp3) is 0.933. The van der Waals surface area contributed by atoms with Crippen LogP contribution >= 0.6 is 0 Å². The highest BCUT2D eigenvalue weighted by atomic mass is 16.4. The first-order valence-corrected chi connectivity index (χ1v) is 7.66. The lowest BCUT2D eigenvalue weighted by Gasteiger charge is -2.43. The molecule has 0 radical (unpaired) electrons. The lowest BCUT2D eigenvalue weighted by atomic mass is 9.80. The third-order valence-corrected chi connectivity index (χ3v) is 4.88. The largest absolute Gasteiger partial charge is 0.481 e. The zero-order valence-corrected chi connectivity index (χ0v) is 11.6. The summed E-state index contributed by atoms with van der Waals surface area (Å²) in [4.78, 5) is 13.5. The Morgan fingerprint density at radius 1 is 1.22 bits per heavy atom. The number of hydrogen-bond acceptors (Lipinski definition) is 2. The summed E-state index contributed by atoms with van der Waals surface area (Å²) in [5.74, 6) is 0.607. The van der Waals surface area contributed by atoms with E-state index in [1.807, 2.05) is 0 Å². The zero-order chi connectivity index (χ0) is 13.0. The molecule has 3 atom stereocenters. The van der Waals surface area contributed by atoms with Gasteiger partial charge in [0.25, 0.3) is 0 Å². The quantitative estimate of drug-likeness (QED) is 0.836. The standard InChI is InChI=1S/C15H27NO2/c1-2-13-7-3-4-8-14(13)16-9-5-6-12(11-16)10-15(17)18/h12-14H,2-11H2,1H3,(H,17,18). The van der Waals surface area contributed by atoms with Gasteiger partial charge in [0.2, 0.25) is 0 Å². The zero-order valence-electron chi connectivity index (χ0n) is 11.6.